The van der Waals surface area contributed by atoms with Crippen LogP contribution < -0.4 is 10.6 Å². The van der Waals surface area contributed by atoms with E-state index in [0.717, 1.165) is 61.2 Å². The van der Waals surface area contributed by atoms with Crippen molar-refractivity contribution in [1.29, 1.82) is 0 Å². The maximum absolute atomic E-state index is 5.11. The Morgan fingerprint density at radius 1 is 0.475 bits per heavy atom. The second-order valence-electron chi connectivity index (χ2n) is 16.1. The van der Waals surface area contributed by atoms with Gasteiger partial charge in [-0.15, -0.1) is 0 Å². The van der Waals surface area contributed by atoms with E-state index in [0.29, 0.717) is 0 Å². The molecule has 294 valence electrons. The number of rotatable bonds is 7. The predicted molar refractivity (Wildman–Crippen MR) is 258 cm³/mol. The summed E-state index contributed by atoms with van der Waals surface area (Å²) in [6.45, 7) is 14.9. The Balaban J connectivity index is 1.06. The van der Waals surface area contributed by atoms with Crippen molar-refractivity contribution >= 4 is 44.9 Å². The molecular weight excluding hydrogens is 741 g/mol. The van der Waals surface area contributed by atoms with Gasteiger partial charge in [0.15, 0.2) is 5.82 Å². The molecule has 3 heterocycles. The maximum atomic E-state index is 5.11. The van der Waals surface area contributed by atoms with E-state index < -0.39 is 0 Å². The van der Waals surface area contributed by atoms with Crippen molar-refractivity contribution < 1.29 is 0 Å². The molecule has 7 aromatic carbocycles. The van der Waals surface area contributed by atoms with Crippen LogP contribution in [0.2, 0.25) is 0 Å². The average molecular weight is 787 g/mol. The quantitative estimate of drug-likeness (QED) is 0.161. The van der Waals surface area contributed by atoms with Crippen LogP contribution in [-0.4, -0.2) is 19.1 Å². The molecule has 0 aliphatic heterocycles. The van der Waals surface area contributed by atoms with Gasteiger partial charge in [-0.05, 0) is 118 Å². The summed E-state index contributed by atoms with van der Waals surface area (Å²) in [5.74, 6) is 0.724. The van der Waals surface area contributed by atoms with Gasteiger partial charge in [-0.3, -0.25) is 0 Å². The highest BCUT2D eigenvalue weighted by Gasteiger charge is 2.18. The minimum atomic E-state index is 0.724. The molecule has 0 amide bonds. The molecule has 0 fully saturated rings. The van der Waals surface area contributed by atoms with E-state index in [1.807, 2.05) is 6.08 Å². The Labute approximate surface area is 356 Å². The number of nitrogens with zero attached hydrogens (tertiary/aromatic N) is 4. The van der Waals surface area contributed by atoms with Crippen LogP contribution in [0.15, 0.2) is 170 Å². The normalized spacial score (nSPS) is 12.3. The van der Waals surface area contributed by atoms with E-state index in [-0.39, 0.29) is 0 Å². The van der Waals surface area contributed by atoms with Gasteiger partial charge in [-0.25, -0.2) is 9.97 Å². The molecule has 0 radical (unpaired) electrons. The van der Waals surface area contributed by atoms with Gasteiger partial charge in [0.2, 0.25) is 0 Å². The lowest BCUT2D eigenvalue weighted by Crippen LogP contribution is -2.28. The van der Waals surface area contributed by atoms with Gasteiger partial charge in [0.1, 0.15) is 0 Å². The Bertz CT molecular complexity index is 3350. The summed E-state index contributed by atoms with van der Waals surface area (Å²) in [5, 5.41) is 6.01. The molecule has 4 heteroatoms. The molecule has 0 atom stereocenters. The number of aromatic nitrogens is 4. The van der Waals surface area contributed by atoms with E-state index in [9.17, 15) is 0 Å². The summed E-state index contributed by atoms with van der Waals surface area (Å²) in [7, 11) is 0. The summed E-state index contributed by atoms with van der Waals surface area (Å²) >= 11 is 0. The van der Waals surface area contributed by atoms with Crippen molar-refractivity contribution in [3.8, 4) is 56.4 Å². The van der Waals surface area contributed by atoms with Crippen LogP contribution in [0.1, 0.15) is 29.2 Å². The van der Waals surface area contributed by atoms with Crippen LogP contribution in [0.25, 0.3) is 101 Å². The molecule has 4 nitrogen and oxygen atoms in total. The van der Waals surface area contributed by atoms with Crippen molar-refractivity contribution in [3.63, 3.8) is 0 Å². The first kappa shape index (κ1) is 37.7. The molecule has 3 aromatic heterocycles. The van der Waals surface area contributed by atoms with E-state index >= 15 is 0 Å². The van der Waals surface area contributed by atoms with Crippen molar-refractivity contribution in [1.82, 2.24) is 19.1 Å². The molecule has 0 N–H and O–H groups in total. The highest BCUT2D eigenvalue weighted by molar-refractivity contribution is 6.09. The van der Waals surface area contributed by atoms with E-state index in [1.54, 1.807) is 0 Å². The van der Waals surface area contributed by atoms with Crippen molar-refractivity contribution in [2.75, 3.05) is 0 Å². The number of aryl methyl sites for hydroxylation is 4. The monoisotopic (exact) mass is 786 g/mol. The molecule has 0 aliphatic rings. The number of hydrogen-bond donors (Lipinski definition) is 0. The van der Waals surface area contributed by atoms with Crippen LogP contribution in [0.5, 0.6) is 0 Å². The molecule has 61 heavy (non-hydrogen) atoms. The third-order valence-corrected chi connectivity index (χ3v) is 12.0. The van der Waals surface area contributed by atoms with Gasteiger partial charge in [-0.1, -0.05) is 133 Å². The van der Waals surface area contributed by atoms with Gasteiger partial charge in [0, 0.05) is 49.1 Å². The first-order chi connectivity index (χ1) is 29.8. The Hall–Kier alpha value is -7.56. The fourth-order valence-electron chi connectivity index (χ4n) is 9.25. The molecule has 0 aliphatic carbocycles. The van der Waals surface area contributed by atoms with E-state index in [2.05, 4.69) is 220 Å². The minimum Gasteiger partial charge on any atom is -0.309 e. The lowest BCUT2D eigenvalue weighted by Gasteiger charge is -2.17. The predicted octanol–water partition coefficient (Wildman–Crippen LogP) is 13.2. The summed E-state index contributed by atoms with van der Waals surface area (Å²) in [6.07, 6.45) is 6.28. The first-order valence-corrected chi connectivity index (χ1v) is 21.0. The molecule has 0 saturated carbocycles. The largest absolute Gasteiger partial charge is 0.309 e. The number of hydrogen-bond acceptors (Lipinski definition) is 2. The second kappa shape index (κ2) is 15.2. The van der Waals surface area contributed by atoms with Crippen LogP contribution >= 0.6 is 0 Å². The van der Waals surface area contributed by atoms with Crippen LogP contribution in [0.4, 0.5) is 0 Å². The standard InChI is InChI=1S/C57H46N4/c1-7-15-46-49-34-45(60-53-22-11-9-20-47(53)48-21-10-12-23-54(48)60)28-29-55(49)61(52(46)8-2)56-38(5)32-44(33-39(56)6)40-24-26-41(27-25-40)50-35-51(42-18-13-16-36(3)30-42)59-57(58-50)43-19-14-17-37(4)31-43/h7-35H,1H2,2-6H3/b46-15-,52-8+. The fraction of sp³-hybridized carbons (Fsp3) is 0.0877. The number of allylic oxidation sites excluding steroid dienone is 1. The van der Waals surface area contributed by atoms with Crippen molar-refractivity contribution in [2.45, 2.75) is 34.6 Å². The summed E-state index contributed by atoms with van der Waals surface area (Å²) < 4.78 is 4.83. The van der Waals surface area contributed by atoms with Gasteiger partial charge >= 0.3 is 0 Å². The Morgan fingerprint density at radius 3 is 1.67 bits per heavy atom. The van der Waals surface area contributed by atoms with Gasteiger partial charge in [0.25, 0.3) is 0 Å². The van der Waals surface area contributed by atoms with Gasteiger partial charge in [-0.2, -0.15) is 0 Å². The van der Waals surface area contributed by atoms with E-state index in [1.165, 1.54) is 60.7 Å². The first-order valence-electron chi connectivity index (χ1n) is 21.0. The minimum absolute atomic E-state index is 0.724. The average Bonchev–Trinajstić information content (AvgIpc) is 3.78. The van der Waals surface area contributed by atoms with E-state index in [4.69, 9.17) is 9.97 Å². The smallest absolute Gasteiger partial charge is 0.160 e. The van der Waals surface area contributed by atoms with Crippen LogP contribution in [0.3, 0.4) is 0 Å². The Morgan fingerprint density at radius 2 is 1.05 bits per heavy atom. The fourth-order valence-corrected chi connectivity index (χ4v) is 9.25. The topological polar surface area (TPSA) is 35.6 Å². The summed E-state index contributed by atoms with van der Waals surface area (Å²) in [6, 6.07) is 56.8. The van der Waals surface area contributed by atoms with Gasteiger partial charge < -0.3 is 9.13 Å². The zero-order valence-electron chi connectivity index (χ0n) is 35.2. The zero-order valence-corrected chi connectivity index (χ0v) is 35.2. The second-order valence-corrected chi connectivity index (χ2v) is 16.1. The molecule has 0 unspecified atom stereocenters. The summed E-state index contributed by atoms with van der Waals surface area (Å²) in [4.78, 5) is 10.2. The zero-order chi connectivity index (χ0) is 41.8. The van der Waals surface area contributed by atoms with Crippen molar-refractivity contribution in [3.05, 3.63) is 203 Å². The number of para-hydroxylation sites is 2. The maximum Gasteiger partial charge on any atom is 0.160 e. The number of benzene rings is 7. The molecule has 10 aromatic rings. The van der Waals surface area contributed by atoms with Crippen molar-refractivity contribution in [2.24, 2.45) is 0 Å². The molecule has 0 spiro atoms. The van der Waals surface area contributed by atoms with Crippen LogP contribution in [0, 0.1) is 27.7 Å². The molecule has 0 saturated heterocycles. The third kappa shape index (κ3) is 6.58. The summed E-state index contributed by atoms with van der Waals surface area (Å²) in [5.41, 5.74) is 18.0. The highest BCUT2D eigenvalue weighted by atomic mass is 15.0. The molecule has 10 rings (SSSR count). The number of fused-ring (bicyclic) bond motifs is 4. The highest BCUT2D eigenvalue weighted by Crippen LogP contribution is 2.35. The Kier molecular flexibility index (Phi) is 9.41. The third-order valence-electron chi connectivity index (χ3n) is 12.0. The van der Waals surface area contributed by atoms with Crippen LogP contribution in [-0.2, 0) is 0 Å². The lowest BCUT2D eigenvalue weighted by atomic mass is 9.97. The van der Waals surface area contributed by atoms with Gasteiger partial charge in [0.05, 0.1) is 33.6 Å². The molecular formula is C57H46N4. The lowest BCUT2D eigenvalue weighted by molar-refractivity contribution is 1.03. The SMILES string of the molecule is C=C/C=c1\c(=C/C)n(-c2c(C)cc(-c3ccc(-c4cc(-c5cccc(C)c5)nc(-c5cccc(C)c5)n4)cc3)cc2C)c2ccc(-n3c4ccccc4c4ccccc43)cc12. The molecule has 0 bridgehead atoms.